The normalized spacial score (nSPS) is 21.9. The molecule has 1 aromatic rings. The number of likely N-dealkylation sites (tertiary alicyclic amines) is 1. The van der Waals surface area contributed by atoms with E-state index in [2.05, 4.69) is 10.5 Å². The molecule has 2 saturated heterocycles. The average molecular weight is 277 g/mol. The van der Waals surface area contributed by atoms with Gasteiger partial charge in [0.05, 0.1) is 5.69 Å². The molecule has 5 heteroatoms. The standard InChI is InChI=1S/C15H23N3O2/c1-11(2)12-9-13(20-17-12)14(19)18-7-4-15(5-8-18)3-6-16-10-15/h9,11,16H,3-8,10H2,1-2H3. The number of carbonyl (C=O) groups is 1. The maximum atomic E-state index is 12.4. The Morgan fingerprint density at radius 2 is 2.15 bits per heavy atom. The smallest absolute Gasteiger partial charge is 0.292 e. The highest BCUT2D eigenvalue weighted by Gasteiger charge is 2.38. The van der Waals surface area contributed by atoms with Gasteiger partial charge in [-0.1, -0.05) is 19.0 Å². The molecule has 0 bridgehead atoms. The minimum atomic E-state index is -0.00907. The Morgan fingerprint density at radius 1 is 1.40 bits per heavy atom. The summed E-state index contributed by atoms with van der Waals surface area (Å²) in [7, 11) is 0. The van der Waals surface area contributed by atoms with E-state index in [4.69, 9.17) is 4.52 Å². The summed E-state index contributed by atoms with van der Waals surface area (Å²) >= 11 is 0. The van der Waals surface area contributed by atoms with Gasteiger partial charge in [0.1, 0.15) is 0 Å². The van der Waals surface area contributed by atoms with Crippen molar-refractivity contribution in [2.45, 2.75) is 39.0 Å². The van der Waals surface area contributed by atoms with E-state index in [0.717, 1.165) is 44.7 Å². The first-order valence-corrected chi connectivity index (χ1v) is 7.56. The van der Waals surface area contributed by atoms with Crippen molar-refractivity contribution in [3.05, 3.63) is 17.5 Å². The molecule has 3 heterocycles. The van der Waals surface area contributed by atoms with Crippen molar-refractivity contribution in [2.24, 2.45) is 5.41 Å². The first-order valence-electron chi connectivity index (χ1n) is 7.56. The van der Waals surface area contributed by atoms with Gasteiger partial charge >= 0.3 is 0 Å². The van der Waals surface area contributed by atoms with Crippen molar-refractivity contribution in [3.63, 3.8) is 0 Å². The van der Waals surface area contributed by atoms with Crippen LogP contribution in [0.25, 0.3) is 0 Å². The number of nitrogens with zero attached hydrogens (tertiary/aromatic N) is 2. The number of nitrogens with one attached hydrogen (secondary N) is 1. The first kappa shape index (κ1) is 13.6. The number of aromatic nitrogens is 1. The monoisotopic (exact) mass is 277 g/mol. The Labute approximate surface area is 119 Å². The van der Waals surface area contributed by atoms with Gasteiger partial charge in [-0.25, -0.2) is 0 Å². The molecule has 1 N–H and O–H groups in total. The van der Waals surface area contributed by atoms with Gasteiger partial charge in [-0.05, 0) is 37.1 Å². The molecule has 1 spiro atoms. The van der Waals surface area contributed by atoms with Crippen molar-refractivity contribution in [1.82, 2.24) is 15.4 Å². The van der Waals surface area contributed by atoms with Crippen LogP contribution in [0.15, 0.2) is 10.6 Å². The van der Waals surface area contributed by atoms with E-state index < -0.39 is 0 Å². The van der Waals surface area contributed by atoms with Crippen molar-refractivity contribution >= 4 is 5.91 Å². The Kier molecular flexibility index (Phi) is 3.54. The molecule has 0 saturated carbocycles. The van der Waals surface area contributed by atoms with Crippen LogP contribution in [0.5, 0.6) is 0 Å². The van der Waals surface area contributed by atoms with Crippen LogP contribution in [-0.4, -0.2) is 42.1 Å². The van der Waals surface area contributed by atoms with Crippen molar-refractivity contribution < 1.29 is 9.32 Å². The van der Waals surface area contributed by atoms with Crippen molar-refractivity contribution in [1.29, 1.82) is 0 Å². The van der Waals surface area contributed by atoms with Gasteiger partial charge in [0, 0.05) is 25.7 Å². The summed E-state index contributed by atoms with van der Waals surface area (Å²) in [4.78, 5) is 14.3. The molecule has 0 aliphatic carbocycles. The lowest BCUT2D eigenvalue weighted by Crippen LogP contribution is -2.43. The fraction of sp³-hybridized carbons (Fsp3) is 0.733. The Morgan fingerprint density at radius 3 is 2.70 bits per heavy atom. The lowest BCUT2D eigenvalue weighted by molar-refractivity contribution is 0.0568. The molecule has 0 atom stereocenters. The lowest BCUT2D eigenvalue weighted by Gasteiger charge is -2.38. The molecule has 0 aromatic carbocycles. The zero-order chi connectivity index (χ0) is 14.2. The highest BCUT2D eigenvalue weighted by molar-refractivity contribution is 5.91. The number of hydrogen-bond donors (Lipinski definition) is 1. The van der Waals surface area contributed by atoms with E-state index in [1.165, 1.54) is 6.42 Å². The van der Waals surface area contributed by atoms with E-state index in [1.807, 2.05) is 18.7 Å². The SMILES string of the molecule is CC(C)c1cc(C(=O)N2CCC3(CCNC3)CC2)on1. The molecule has 5 nitrogen and oxygen atoms in total. The second-order valence-electron chi connectivity index (χ2n) is 6.49. The second kappa shape index (κ2) is 5.20. The van der Waals surface area contributed by atoms with Gasteiger partial charge in [-0.15, -0.1) is 0 Å². The minimum absolute atomic E-state index is 0.00907. The van der Waals surface area contributed by atoms with Gasteiger partial charge in [-0.2, -0.15) is 0 Å². The van der Waals surface area contributed by atoms with E-state index in [0.29, 0.717) is 11.2 Å². The predicted molar refractivity (Wildman–Crippen MR) is 75.6 cm³/mol. The number of rotatable bonds is 2. The fourth-order valence-corrected chi connectivity index (χ4v) is 3.22. The predicted octanol–water partition coefficient (Wildman–Crippen LogP) is 2.01. The van der Waals surface area contributed by atoms with Crippen LogP contribution in [0.1, 0.15) is 55.3 Å². The Bertz CT molecular complexity index is 479. The second-order valence-corrected chi connectivity index (χ2v) is 6.49. The van der Waals surface area contributed by atoms with Crippen LogP contribution in [0.2, 0.25) is 0 Å². The van der Waals surface area contributed by atoms with Gasteiger partial charge in [-0.3, -0.25) is 4.79 Å². The molecule has 1 aromatic heterocycles. The van der Waals surface area contributed by atoms with Gasteiger partial charge in [0.2, 0.25) is 5.76 Å². The molecule has 3 rings (SSSR count). The van der Waals surface area contributed by atoms with Crippen LogP contribution >= 0.6 is 0 Å². The van der Waals surface area contributed by atoms with Crippen LogP contribution < -0.4 is 5.32 Å². The fourth-order valence-electron chi connectivity index (χ4n) is 3.22. The molecule has 0 radical (unpaired) electrons. The highest BCUT2D eigenvalue weighted by atomic mass is 16.5. The topological polar surface area (TPSA) is 58.4 Å². The minimum Gasteiger partial charge on any atom is -0.351 e. The first-order chi connectivity index (χ1) is 9.60. The van der Waals surface area contributed by atoms with Crippen LogP contribution in [0, 0.1) is 5.41 Å². The molecule has 2 aliphatic rings. The van der Waals surface area contributed by atoms with Gasteiger partial charge in [0.15, 0.2) is 0 Å². The lowest BCUT2D eigenvalue weighted by atomic mass is 9.78. The number of carbonyl (C=O) groups excluding carboxylic acids is 1. The number of hydrogen-bond acceptors (Lipinski definition) is 4. The van der Waals surface area contributed by atoms with E-state index in [-0.39, 0.29) is 11.8 Å². The maximum absolute atomic E-state index is 12.4. The zero-order valence-corrected chi connectivity index (χ0v) is 12.3. The quantitative estimate of drug-likeness (QED) is 0.898. The largest absolute Gasteiger partial charge is 0.351 e. The van der Waals surface area contributed by atoms with Crippen LogP contribution in [0.4, 0.5) is 0 Å². The van der Waals surface area contributed by atoms with Gasteiger partial charge in [0.25, 0.3) is 5.91 Å². The molecule has 110 valence electrons. The molecule has 1 amide bonds. The number of piperidine rings is 1. The summed E-state index contributed by atoms with van der Waals surface area (Å²) in [6.45, 7) is 7.98. The maximum Gasteiger partial charge on any atom is 0.292 e. The average Bonchev–Trinajstić information content (AvgIpc) is 3.08. The highest BCUT2D eigenvalue weighted by Crippen LogP contribution is 2.37. The molecule has 0 unspecified atom stereocenters. The Balaban J connectivity index is 1.63. The molecule has 20 heavy (non-hydrogen) atoms. The third-order valence-electron chi connectivity index (χ3n) is 4.77. The van der Waals surface area contributed by atoms with Crippen LogP contribution in [0.3, 0.4) is 0 Å². The van der Waals surface area contributed by atoms with E-state index in [1.54, 1.807) is 6.07 Å². The molecule has 2 fully saturated rings. The molecular weight excluding hydrogens is 254 g/mol. The van der Waals surface area contributed by atoms with Crippen molar-refractivity contribution in [2.75, 3.05) is 26.2 Å². The zero-order valence-electron chi connectivity index (χ0n) is 12.3. The number of amides is 1. The summed E-state index contributed by atoms with van der Waals surface area (Å²) in [5.41, 5.74) is 1.28. The summed E-state index contributed by atoms with van der Waals surface area (Å²) < 4.78 is 5.20. The van der Waals surface area contributed by atoms with E-state index in [9.17, 15) is 4.79 Å². The summed E-state index contributed by atoms with van der Waals surface area (Å²) in [5.74, 6) is 0.661. The summed E-state index contributed by atoms with van der Waals surface area (Å²) in [6, 6.07) is 1.79. The summed E-state index contributed by atoms with van der Waals surface area (Å²) in [5, 5.41) is 7.41. The third kappa shape index (κ3) is 2.46. The van der Waals surface area contributed by atoms with Gasteiger partial charge < -0.3 is 14.7 Å². The van der Waals surface area contributed by atoms with E-state index >= 15 is 0 Å². The third-order valence-corrected chi connectivity index (χ3v) is 4.77. The van der Waals surface area contributed by atoms with Crippen molar-refractivity contribution in [3.8, 4) is 0 Å². The molecule has 2 aliphatic heterocycles. The Hall–Kier alpha value is -1.36. The van der Waals surface area contributed by atoms with Crippen LogP contribution in [-0.2, 0) is 0 Å². The summed E-state index contributed by atoms with van der Waals surface area (Å²) in [6.07, 6.45) is 3.43. The molecular formula is C15H23N3O2.